The van der Waals surface area contributed by atoms with Gasteiger partial charge in [0.25, 0.3) is 5.56 Å². The highest BCUT2D eigenvalue weighted by molar-refractivity contribution is 9.10. The number of halogens is 1. The minimum absolute atomic E-state index is 0.0506. The van der Waals surface area contributed by atoms with Crippen molar-refractivity contribution < 1.29 is 9.90 Å². The molecule has 1 N–H and O–H groups in total. The second kappa shape index (κ2) is 7.26. The molecule has 1 aromatic heterocycles. The lowest BCUT2D eigenvalue weighted by Crippen LogP contribution is -2.31. The van der Waals surface area contributed by atoms with E-state index in [0.717, 1.165) is 10.0 Å². The fraction of sp³-hybridized carbons (Fsp3) is 0.120. The topological polar surface area (TPSA) is 59.3 Å². The van der Waals surface area contributed by atoms with E-state index in [0.29, 0.717) is 29.2 Å². The van der Waals surface area contributed by atoms with E-state index in [1.807, 2.05) is 54.6 Å². The smallest absolute Gasteiger partial charge is 0.353 e. The summed E-state index contributed by atoms with van der Waals surface area (Å²) in [5, 5.41) is 11.4. The molecule has 3 aromatic carbocycles. The van der Waals surface area contributed by atoms with E-state index in [9.17, 15) is 14.7 Å². The van der Waals surface area contributed by atoms with Crippen LogP contribution in [-0.2, 0) is 12.8 Å². The molecule has 0 bridgehead atoms. The number of fused-ring (bicyclic) bond motifs is 2. The van der Waals surface area contributed by atoms with Crippen LogP contribution in [0.25, 0.3) is 21.9 Å². The number of benzene rings is 3. The number of pyridine rings is 1. The highest BCUT2D eigenvalue weighted by atomic mass is 79.9. The van der Waals surface area contributed by atoms with E-state index in [1.165, 1.54) is 15.7 Å². The van der Waals surface area contributed by atoms with Crippen LogP contribution in [0.3, 0.4) is 0 Å². The molecule has 0 fully saturated rings. The Labute approximate surface area is 181 Å². The van der Waals surface area contributed by atoms with E-state index in [4.69, 9.17) is 0 Å². The first-order valence-electron chi connectivity index (χ1n) is 9.78. The number of aromatic nitrogens is 1. The van der Waals surface area contributed by atoms with E-state index in [2.05, 4.69) is 28.1 Å². The van der Waals surface area contributed by atoms with Gasteiger partial charge in [0.05, 0.1) is 0 Å². The first kappa shape index (κ1) is 18.8. The number of carboxylic acid groups (broad SMARTS) is 1. The molecular weight excluding hydrogens is 442 g/mol. The van der Waals surface area contributed by atoms with E-state index < -0.39 is 5.97 Å². The molecule has 1 aliphatic carbocycles. The average molecular weight is 460 g/mol. The van der Waals surface area contributed by atoms with Gasteiger partial charge in [0.15, 0.2) is 0 Å². The van der Waals surface area contributed by atoms with Crippen LogP contribution >= 0.6 is 15.9 Å². The minimum Gasteiger partial charge on any atom is -0.477 e. The fourth-order valence-electron chi connectivity index (χ4n) is 4.56. The van der Waals surface area contributed by atoms with Crippen molar-refractivity contribution in [1.82, 2.24) is 4.57 Å². The van der Waals surface area contributed by atoms with Crippen LogP contribution in [0.5, 0.6) is 0 Å². The molecule has 30 heavy (non-hydrogen) atoms. The summed E-state index contributed by atoms with van der Waals surface area (Å²) in [6.07, 6.45) is 1.29. The molecule has 0 aliphatic heterocycles. The van der Waals surface area contributed by atoms with Crippen molar-refractivity contribution in [3.63, 3.8) is 0 Å². The number of carbonyl (C=O) groups is 1. The number of aromatic carboxylic acids is 1. The molecule has 0 spiro atoms. The molecule has 0 amide bonds. The molecular formula is C25H18BrNO3. The number of nitrogens with zero attached hydrogens (tertiary/aromatic N) is 1. The second-order valence-electron chi connectivity index (χ2n) is 7.59. The van der Waals surface area contributed by atoms with Gasteiger partial charge in [-0.15, -0.1) is 0 Å². The Bertz CT molecular complexity index is 1330. The summed E-state index contributed by atoms with van der Waals surface area (Å²) in [4.78, 5) is 26.1. The van der Waals surface area contributed by atoms with Crippen LogP contribution in [0.4, 0.5) is 0 Å². The van der Waals surface area contributed by atoms with E-state index >= 15 is 0 Å². The summed E-state index contributed by atoms with van der Waals surface area (Å²) < 4.78 is 2.31. The quantitative estimate of drug-likeness (QED) is 0.441. The van der Waals surface area contributed by atoms with Crippen LogP contribution in [0.1, 0.15) is 27.7 Å². The summed E-state index contributed by atoms with van der Waals surface area (Å²) in [7, 11) is 0. The van der Waals surface area contributed by atoms with Crippen molar-refractivity contribution in [1.29, 1.82) is 0 Å². The molecule has 1 heterocycles. The van der Waals surface area contributed by atoms with Crippen LogP contribution in [-0.4, -0.2) is 15.6 Å². The summed E-state index contributed by atoms with van der Waals surface area (Å²) in [5.74, 6) is -1.09. The molecule has 4 aromatic rings. The van der Waals surface area contributed by atoms with Crippen LogP contribution in [0.2, 0.25) is 0 Å². The molecule has 1 aliphatic rings. The summed E-state index contributed by atoms with van der Waals surface area (Å²) in [6, 6.07) is 22.7. The molecule has 5 rings (SSSR count). The predicted octanol–water partition coefficient (Wildman–Crippen LogP) is 5.47. The van der Waals surface area contributed by atoms with Gasteiger partial charge in [0.2, 0.25) is 0 Å². The van der Waals surface area contributed by atoms with Crippen LogP contribution in [0, 0.1) is 0 Å². The maximum atomic E-state index is 13.6. The summed E-state index contributed by atoms with van der Waals surface area (Å²) >= 11 is 3.47. The van der Waals surface area contributed by atoms with Crippen molar-refractivity contribution in [2.75, 3.05) is 0 Å². The third-order valence-electron chi connectivity index (χ3n) is 5.84. The second-order valence-corrected chi connectivity index (χ2v) is 8.51. The number of hydrogen-bond donors (Lipinski definition) is 1. The average Bonchev–Trinajstić information content (AvgIpc) is 3.17. The lowest BCUT2D eigenvalue weighted by atomic mass is 9.96. The van der Waals surface area contributed by atoms with Gasteiger partial charge < -0.3 is 5.11 Å². The van der Waals surface area contributed by atoms with E-state index in [1.54, 1.807) is 6.07 Å². The lowest BCUT2D eigenvalue weighted by Gasteiger charge is -2.22. The van der Waals surface area contributed by atoms with Gasteiger partial charge in [0, 0.05) is 21.5 Å². The van der Waals surface area contributed by atoms with Crippen LogP contribution in [0.15, 0.2) is 82.1 Å². The zero-order valence-electron chi connectivity index (χ0n) is 16.0. The van der Waals surface area contributed by atoms with Crippen molar-refractivity contribution in [2.24, 2.45) is 0 Å². The monoisotopic (exact) mass is 459 g/mol. The van der Waals surface area contributed by atoms with E-state index in [-0.39, 0.29) is 17.3 Å². The van der Waals surface area contributed by atoms with Gasteiger partial charge in [-0.3, -0.25) is 9.36 Å². The maximum absolute atomic E-state index is 13.6. The number of rotatable bonds is 3. The molecule has 0 saturated carbocycles. The largest absolute Gasteiger partial charge is 0.477 e. The van der Waals surface area contributed by atoms with Gasteiger partial charge >= 0.3 is 5.97 Å². The van der Waals surface area contributed by atoms with Crippen molar-refractivity contribution in [3.8, 4) is 11.1 Å². The SMILES string of the molecule is O=C(O)c1c(-c2ccccc2)c2cc(Br)ccc2c(=O)n1C1Cc2ccccc2C1. The lowest BCUT2D eigenvalue weighted by molar-refractivity contribution is 0.0682. The molecule has 0 unspecified atom stereocenters. The molecule has 0 saturated heterocycles. The third-order valence-corrected chi connectivity index (χ3v) is 6.33. The standard InChI is InChI=1S/C25H18BrNO3/c26-18-10-11-20-21(14-18)22(15-6-2-1-3-7-15)23(25(29)30)27(24(20)28)19-12-16-8-4-5-9-17(16)13-19/h1-11,14,19H,12-13H2,(H,29,30). The molecule has 0 radical (unpaired) electrons. The van der Waals surface area contributed by atoms with Gasteiger partial charge in [0.1, 0.15) is 5.69 Å². The molecule has 5 heteroatoms. The summed E-state index contributed by atoms with van der Waals surface area (Å²) in [6.45, 7) is 0. The third kappa shape index (κ3) is 2.97. The first-order valence-corrected chi connectivity index (χ1v) is 10.6. The Morgan fingerprint density at radius 1 is 0.900 bits per heavy atom. The Balaban J connectivity index is 1.87. The molecule has 4 nitrogen and oxygen atoms in total. The summed E-state index contributed by atoms with van der Waals surface area (Å²) in [5.41, 5.74) is 3.49. The Kier molecular flexibility index (Phi) is 4.55. The zero-order chi connectivity index (χ0) is 20.8. The van der Waals surface area contributed by atoms with Gasteiger partial charge in [-0.2, -0.15) is 0 Å². The fourth-order valence-corrected chi connectivity index (χ4v) is 4.92. The van der Waals surface area contributed by atoms with Crippen LogP contribution < -0.4 is 5.56 Å². The number of carboxylic acids is 1. The van der Waals surface area contributed by atoms with Crippen molar-refractivity contribution >= 4 is 32.7 Å². The Morgan fingerprint density at radius 3 is 2.17 bits per heavy atom. The minimum atomic E-state index is -1.09. The zero-order valence-corrected chi connectivity index (χ0v) is 17.6. The Hall–Kier alpha value is -3.18. The van der Waals surface area contributed by atoms with Crippen molar-refractivity contribution in [3.05, 3.63) is 104 Å². The van der Waals surface area contributed by atoms with Gasteiger partial charge in [-0.05, 0) is 53.1 Å². The predicted molar refractivity (Wildman–Crippen MR) is 121 cm³/mol. The first-order chi connectivity index (χ1) is 14.5. The van der Waals surface area contributed by atoms with Crippen molar-refractivity contribution in [2.45, 2.75) is 18.9 Å². The van der Waals surface area contributed by atoms with Gasteiger partial charge in [-0.1, -0.05) is 70.5 Å². The normalized spacial score (nSPS) is 13.5. The van der Waals surface area contributed by atoms with Gasteiger partial charge in [-0.25, -0.2) is 4.79 Å². The molecule has 148 valence electrons. The Morgan fingerprint density at radius 2 is 1.53 bits per heavy atom. The molecule has 0 atom stereocenters. The maximum Gasteiger partial charge on any atom is 0.353 e. The highest BCUT2D eigenvalue weighted by Crippen LogP contribution is 2.36. The number of hydrogen-bond acceptors (Lipinski definition) is 2. The highest BCUT2D eigenvalue weighted by Gasteiger charge is 2.30.